The van der Waals surface area contributed by atoms with Gasteiger partial charge in [0, 0.05) is 11.0 Å². The van der Waals surface area contributed by atoms with Crippen molar-refractivity contribution in [1.29, 1.82) is 0 Å². The predicted molar refractivity (Wildman–Crippen MR) is 42.6 cm³/mol. The van der Waals surface area contributed by atoms with Gasteiger partial charge in [0.15, 0.2) is 0 Å². The summed E-state index contributed by atoms with van der Waals surface area (Å²) >= 11 is 0. The van der Waals surface area contributed by atoms with Crippen LogP contribution in [0.3, 0.4) is 0 Å². The van der Waals surface area contributed by atoms with Crippen LogP contribution in [0, 0.1) is 0 Å². The Bertz CT molecular complexity index is 311. The quantitative estimate of drug-likeness (QED) is 0.398. The lowest BCUT2D eigenvalue weighted by Gasteiger charge is -1.98. The number of rotatable bonds is 2. The Kier molecular flexibility index (Phi) is 2.40. The molecule has 0 heterocycles. The van der Waals surface area contributed by atoms with Crippen molar-refractivity contribution < 1.29 is 10.2 Å². The first kappa shape index (κ1) is 8.23. The Morgan fingerprint density at radius 3 is 2.33 bits per heavy atom. The van der Waals surface area contributed by atoms with Crippen LogP contribution in [0.15, 0.2) is 23.3 Å². The molecule has 0 amide bonds. The first-order valence-corrected chi connectivity index (χ1v) is 3.25. The second-order valence-corrected chi connectivity index (χ2v) is 2.25. The zero-order valence-corrected chi connectivity index (χ0v) is 6.18. The highest BCUT2D eigenvalue weighted by atomic mass is 16.3. The van der Waals surface area contributed by atoms with Gasteiger partial charge >= 0.3 is 0 Å². The number of phenols is 2. The van der Waals surface area contributed by atoms with Gasteiger partial charge in [0.25, 0.3) is 0 Å². The summed E-state index contributed by atoms with van der Waals surface area (Å²) in [5, 5.41) is 21.3. The standard InChI is InChI=1S/C7H7N3O2/c8-10-9-4-5-1-6(11)3-7(12)2-5/h1-3,11-12H,4H2. The highest BCUT2D eigenvalue weighted by molar-refractivity contribution is 5.36. The molecule has 5 nitrogen and oxygen atoms in total. The molecule has 0 saturated carbocycles. The molecule has 0 spiro atoms. The minimum atomic E-state index is -0.0434. The minimum Gasteiger partial charge on any atom is -0.508 e. The van der Waals surface area contributed by atoms with Crippen LogP contribution in [0.5, 0.6) is 11.5 Å². The average molecular weight is 165 g/mol. The largest absolute Gasteiger partial charge is 0.508 e. The summed E-state index contributed by atoms with van der Waals surface area (Å²) in [6.07, 6.45) is 0. The molecule has 12 heavy (non-hydrogen) atoms. The molecule has 1 aromatic rings. The highest BCUT2D eigenvalue weighted by Gasteiger charge is 1.96. The predicted octanol–water partition coefficient (Wildman–Crippen LogP) is 1.91. The molecular formula is C7H7N3O2. The molecule has 0 aromatic heterocycles. The van der Waals surface area contributed by atoms with Gasteiger partial charge < -0.3 is 10.2 Å². The lowest BCUT2D eigenvalue weighted by atomic mass is 10.2. The van der Waals surface area contributed by atoms with Crippen molar-refractivity contribution >= 4 is 0 Å². The molecule has 0 radical (unpaired) electrons. The van der Waals surface area contributed by atoms with Crippen molar-refractivity contribution in [3.8, 4) is 11.5 Å². The molecule has 0 aliphatic carbocycles. The summed E-state index contributed by atoms with van der Waals surface area (Å²) < 4.78 is 0. The molecule has 2 N–H and O–H groups in total. The first-order chi connectivity index (χ1) is 5.72. The summed E-state index contributed by atoms with van der Waals surface area (Å²) in [4.78, 5) is 2.55. The number of phenolic OH excluding ortho intramolecular Hbond substituents is 2. The number of hydrogen-bond donors (Lipinski definition) is 2. The van der Waals surface area contributed by atoms with Gasteiger partial charge in [-0.05, 0) is 23.2 Å². The van der Waals surface area contributed by atoms with Crippen LogP contribution in [-0.4, -0.2) is 10.2 Å². The van der Waals surface area contributed by atoms with Crippen LogP contribution >= 0.6 is 0 Å². The van der Waals surface area contributed by atoms with Gasteiger partial charge in [-0.25, -0.2) is 0 Å². The van der Waals surface area contributed by atoms with E-state index in [2.05, 4.69) is 10.0 Å². The maximum atomic E-state index is 9.00. The first-order valence-electron chi connectivity index (χ1n) is 3.25. The monoisotopic (exact) mass is 165 g/mol. The number of azide groups is 1. The van der Waals surface area contributed by atoms with Crippen LogP contribution in [-0.2, 0) is 6.54 Å². The van der Waals surface area contributed by atoms with Crippen molar-refractivity contribution in [2.24, 2.45) is 5.11 Å². The molecule has 0 saturated heterocycles. The minimum absolute atomic E-state index is 0.0434. The second-order valence-electron chi connectivity index (χ2n) is 2.25. The van der Waals surface area contributed by atoms with E-state index in [1.807, 2.05) is 0 Å². The van der Waals surface area contributed by atoms with E-state index in [9.17, 15) is 0 Å². The molecule has 1 aromatic carbocycles. The third kappa shape index (κ3) is 2.07. The number of aromatic hydroxyl groups is 2. The third-order valence-electron chi connectivity index (χ3n) is 1.28. The van der Waals surface area contributed by atoms with Gasteiger partial charge in [-0.3, -0.25) is 0 Å². The maximum absolute atomic E-state index is 9.00. The molecular weight excluding hydrogens is 158 g/mol. The van der Waals surface area contributed by atoms with E-state index in [1.54, 1.807) is 0 Å². The zero-order valence-electron chi connectivity index (χ0n) is 6.18. The summed E-state index contributed by atoms with van der Waals surface area (Å²) in [5.74, 6) is -0.0868. The lowest BCUT2D eigenvalue weighted by molar-refractivity contribution is 0.449. The van der Waals surface area contributed by atoms with Crippen molar-refractivity contribution in [1.82, 2.24) is 0 Å². The number of benzene rings is 1. The number of nitrogens with zero attached hydrogens (tertiary/aromatic N) is 3. The SMILES string of the molecule is [N-]=[N+]=NCc1cc(O)cc(O)c1. The summed E-state index contributed by atoms with van der Waals surface area (Å²) in [6, 6.07) is 4.06. The smallest absolute Gasteiger partial charge is 0.119 e. The van der Waals surface area contributed by atoms with Crippen molar-refractivity contribution in [2.75, 3.05) is 0 Å². The van der Waals surface area contributed by atoms with E-state index >= 15 is 0 Å². The van der Waals surface area contributed by atoms with E-state index in [0.717, 1.165) is 0 Å². The van der Waals surface area contributed by atoms with Crippen molar-refractivity contribution in [3.05, 3.63) is 34.2 Å². The van der Waals surface area contributed by atoms with Gasteiger partial charge in [-0.15, -0.1) is 0 Å². The van der Waals surface area contributed by atoms with Crippen LogP contribution in [0.1, 0.15) is 5.56 Å². The Morgan fingerprint density at radius 1 is 1.25 bits per heavy atom. The summed E-state index contributed by atoms with van der Waals surface area (Å²) in [7, 11) is 0. The fraction of sp³-hybridized carbons (Fsp3) is 0.143. The Balaban J connectivity index is 2.92. The van der Waals surface area contributed by atoms with Gasteiger partial charge in [-0.1, -0.05) is 5.11 Å². The van der Waals surface area contributed by atoms with E-state index in [-0.39, 0.29) is 18.0 Å². The van der Waals surface area contributed by atoms with E-state index in [1.165, 1.54) is 18.2 Å². The van der Waals surface area contributed by atoms with Crippen LogP contribution in [0.2, 0.25) is 0 Å². The Morgan fingerprint density at radius 2 is 1.83 bits per heavy atom. The Hall–Kier alpha value is -1.87. The van der Waals surface area contributed by atoms with E-state index < -0.39 is 0 Å². The molecule has 0 aliphatic heterocycles. The second kappa shape index (κ2) is 3.50. The molecule has 1 rings (SSSR count). The van der Waals surface area contributed by atoms with Crippen LogP contribution in [0.4, 0.5) is 0 Å². The topological polar surface area (TPSA) is 89.2 Å². The van der Waals surface area contributed by atoms with Gasteiger partial charge in [-0.2, -0.15) is 0 Å². The lowest BCUT2D eigenvalue weighted by Crippen LogP contribution is -1.79. The van der Waals surface area contributed by atoms with Crippen molar-refractivity contribution in [2.45, 2.75) is 6.54 Å². The molecule has 0 unspecified atom stereocenters. The average Bonchev–Trinajstić information content (AvgIpc) is 1.99. The summed E-state index contributed by atoms with van der Waals surface area (Å²) in [6.45, 7) is 0.123. The van der Waals surface area contributed by atoms with Gasteiger partial charge in [0.2, 0.25) is 0 Å². The van der Waals surface area contributed by atoms with Gasteiger partial charge in [0.05, 0.1) is 6.54 Å². The normalized spacial score (nSPS) is 9.00. The Labute approximate surface area is 68.5 Å². The van der Waals surface area contributed by atoms with Gasteiger partial charge in [0.1, 0.15) is 11.5 Å². The number of hydrogen-bond acceptors (Lipinski definition) is 3. The molecule has 0 fully saturated rings. The maximum Gasteiger partial charge on any atom is 0.119 e. The van der Waals surface area contributed by atoms with E-state index in [0.29, 0.717) is 5.56 Å². The highest BCUT2D eigenvalue weighted by Crippen LogP contribution is 2.20. The fourth-order valence-corrected chi connectivity index (χ4v) is 0.861. The van der Waals surface area contributed by atoms with Crippen LogP contribution < -0.4 is 0 Å². The zero-order chi connectivity index (χ0) is 8.97. The molecule has 5 heteroatoms. The van der Waals surface area contributed by atoms with Crippen LogP contribution in [0.25, 0.3) is 10.4 Å². The molecule has 62 valence electrons. The van der Waals surface area contributed by atoms with E-state index in [4.69, 9.17) is 15.7 Å². The molecule has 0 aliphatic rings. The molecule has 0 bridgehead atoms. The summed E-state index contributed by atoms with van der Waals surface area (Å²) in [5.41, 5.74) is 8.57. The van der Waals surface area contributed by atoms with Crippen molar-refractivity contribution in [3.63, 3.8) is 0 Å². The third-order valence-corrected chi connectivity index (χ3v) is 1.28. The fourth-order valence-electron chi connectivity index (χ4n) is 0.861. The molecule has 0 atom stereocenters.